The smallest absolute Gasteiger partial charge is 0.176 e. The van der Waals surface area contributed by atoms with Crippen LogP contribution >= 0.6 is 0 Å². The van der Waals surface area contributed by atoms with Crippen LogP contribution in [0.1, 0.15) is 47.7 Å². The Hall–Kier alpha value is -1.19. The number of ketones is 1. The van der Waals surface area contributed by atoms with E-state index in [4.69, 9.17) is 0 Å². The van der Waals surface area contributed by atoms with Gasteiger partial charge in [-0.2, -0.15) is 0 Å². The zero-order chi connectivity index (χ0) is 14.8. The Kier molecular flexibility index (Phi) is 4.41. The van der Waals surface area contributed by atoms with Gasteiger partial charge in [-0.3, -0.25) is 9.69 Å². The number of hydrogen-bond acceptors (Lipinski definition) is 3. The number of aryl methyl sites for hydroxylation is 2. The van der Waals surface area contributed by atoms with E-state index in [-0.39, 0.29) is 11.9 Å². The summed E-state index contributed by atoms with van der Waals surface area (Å²) in [7, 11) is 0. The number of benzene rings is 1. The Balaban J connectivity index is 1.57. The maximum absolute atomic E-state index is 12.4. The number of aliphatic hydroxyl groups is 1. The van der Waals surface area contributed by atoms with Crippen LogP contribution in [-0.4, -0.2) is 41.5 Å². The lowest BCUT2D eigenvalue weighted by Gasteiger charge is -2.32. The Morgan fingerprint density at radius 1 is 1.29 bits per heavy atom. The molecule has 21 heavy (non-hydrogen) atoms. The molecule has 0 saturated carbocycles. The lowest BCUT2D eigenvalue weighted by molar-refractivity contribution is 0.0664. The number of Topliss-reactive ketones (excluding diaryl/α,β-unsaturated/α-hetero) is 1. The fourth-order valence-electron chi connectivity index (χ4n) is 3.63. The van der Waals surface area contributed by atoms with E-state index in [0.717, 1.165) is 44.3 Å². The van der Waals surface area contributed by atoms with Crippen LogP contribution in [0.25, 0.3) is 0 Å². The predicted molar refractivity (Wildman–Crippen MR) is 83.6 cm³/mol. The highest BCUT2D eigenvalue weighted by Crippen LogP contribution is 2.24. The van der Waals surface area contributed by atoms with Crippen LogP contribution in [0.2, 0.25) is 0 Å². The van der Waals surface area contributed by atoms with Gasteiger partial charge in [-0.15, -0.1) is 0 Å². The van der Waals surface area contributed by atoms with Crippen LogP contribution in [-0.2, 0) is 12.8 Å². The summed E-state index contributed by atoms with van der Waals surface area (Å²) >= 11 is 0. The van der Waals surface area contributed by atoms with E-state index in [9.17, 15) is 9.90 Å². The van der Waals surface area contributed by atoms with Crippen molar-refractivity contribution < 1.29 is 9.90 Å². The molecule has 1 fully saturated rings. The summed E-state index contributed by atoms with van der Waals surface area (Å²) in [5, 5.41) is 9.63. The average molecular weight is 287 g/mol. The number of aliphatic hydroxyl groups excluding tert-OH is 1. The fraction of sp³-hybridized carbons (Fsp3) is 0.611. The number of hydrogen-bond donors (Lipinski definition) is 1. The maximum Gasteiger partial charge on any atom is 0.176 e. The second-order valence-electron chi connectivity index (χ2n) is 6.61. The zero-order valence-corrected chi connectivity index (χ0v) is 12.8. The molecule has 3 nitrogen and oxygen atoms in total. The molecule has 1 aromatic rings. The van der Waals surface area contributed by atoms with Crippen molar-refractivity contribution in [3.05, 3.63) is 34.9 Å². The molecule has 0 amide bonds. The van der Waals surface area contributed by atoms with Crippen molar-refractivity contribution >= 4 is 5.78 Å². The van der Waals surface area contributed by atoms with E-state index in [1.54, 1.807) is 0 Å². The molecule has 0 aromatic heterocycles. The SMILES string of the molecule is CC(O)C1CCN(CC(=O)c2ccc3c(c2)CCC3)CC1. The Labute approximate surface area is 127 Å². The van der Waals surface area contributed by atoms with Gasteiger partial charge in [0.2, 0.25) is 0 Å². The quantitative estimate of drug-likeness (QED) is 0.865. The molecule has 2 aliphatic rings. The molecule has 1 aliphatic heterocycles. The number of piperidine rings is 1. The van der Waals surface area contributed by atoms with Crippen LogP contribution in [0, 0.1) is 5.92 Å². The highest BCUT2D eigenvalue weighted by Gasteiger charge is 2.24. The highest BCUT2D eigenvalue weighted by molar-refractivity contribution is 5.97. The lowest BCUT2D eigenvalue weighted by atomic mass is 9.92. The van der Waals surface area contributed by atoms with Gasteiger partial charge in [-0.05, 0) is 75.2 Å². The van der Waals surface area contributed by atoms with E-state index < -0.39 is 0 Å². The minimum Gasteiger partial charge on any atom is -0.393 e. The summed E-state index contributed by atoms with van der Waals surface area (Å²) in [6, 6.07) is 6.23. The molecule has 3 rings (SSSR count). The maximum atomic E-state index is 12.4. The molecular weight excluding hydrogens is 262 g/mol. The van der Waals surface area contributed by atoms with E-state index in [0.29, 0.717) is 12.5 Å². The first-order chi connectivity index (χ1) is 10.1. The van der Waals surface area contributed by atoms with Gasteiger partial charge < -0.3 is 5.11 Å². The van der Waals surface area contributed by atoms with Crippen LogP contribution in [0.5, 0.6) is 0 Å². The molecular formula is C18H25NO2. The minimum absolute atomic E-state index is 0.223. The molecule has 1 atom stereocenters. The molecule has 1 aliphatic carbocycles. The Bertz CT molecular complexity index is 516. The van der Waals surface area contributed by atoms with E-state index >= 15 is 0 Å². The molecule has 0 spiro atoms. The molecule has 3 heteroatoms. The number of likely N-dealkylation sites (tertiary alicyclic amines) is 1. The second kappa shape index (κ2) is 6.29. The third-order valence-corrected chi connectivity index (χ3v) is 5.10. The third-order valence-electron chi connectivity index (χ3n) is 5.10. The zero-order valence-electron chi connectivity index (χ0n) is 12.8. The van der Waals surface area contributed by atoms with Crippen molar-refractivity contribution in [2.75, 3.05) is 19.6 Å². The topological polar surface area (TPSA) is 40.5 Å². The summed E-state index contributed by atoms with van der Waals surface area (Å²) in [5.74, 6) is 0.636. The monoisotopic (exact) mass is 287 g/mol. The van der Waals surface area contributed by atoms with Crippen molar-refractivity contribution in [3.8, 4) is 0 Å². The molecule has 114 valence electrons. The van der Waals surface area contributed by atoms with E-state index in [2.05, 4.69) is 17.0 Å². The molecule has 0 radical (unpaired) electrons. The lowest BCUT2D eigenvalue weighted by Crippen LogP contribution is -2.39. The minimum atomic E-state index is -0.223. The number of carbonyl (C=O) groups is 1. The van der Waals surface area contributed by atoms with Gasteiger partial charge in [0.1, 0.15) is 0 Å². The normalized spacial score (nSPS) is 21.2. The summed E-state index contributed by atoms with van der Waals surface area (Å²) in [5.41, 5.74) is 3.66. The molecule has 1 saturated heterocycles. The molecule has 1 heterocycles. The Morgan fingerprint density at radius 3 is 2.71 bits per heavy atom. The first-order valence-corrected chi connectivity index (χ1v) is 8.19. The van der Waals surface area contributed by atoms with Gasteiger partial charge in [0, 0.05) is 5.56 Å². The number of fused-ring (bicyclic) bond motifs is 1. The van der Waals surface area contributed by atoms with Crippen molar-refractivity contribution in [2.24, 2.45) is 5.92 Å². The van der Waals surface area contributed by atoms with Crippen molar-refractivity contribution in [1.29, 1.82) is 0 Å². The van der Waals surface area contributed by atoms with Crippen LogP contribution in [0.15, 0.2) is 18.2 Å². The van der Waals surface area contributed by atoms with Crippen molar-refractivity contribution in [3.63, 3.8) is 0 Å². The summed E-state index contributed by atoms with van der Waals surface area (Å²) < 4.78 is 0. The Morgan fingerprint density at radius 2 is 2.00 bits per heavy atom. The van der Waals surface area contributed by atoms with E-state index in [1.807, 2.05) is 13.0 Å². The van der Waals surface area contributed by atoms with Crippen LogP contribution < -0.4 is 0 Å². The number of carbonyl (C=O) groups excluding carboxylic acids is 1. The molecule has 1 unspecified atom stereocenters. The highest BCUT2D eigenvalue weighted by atomic mass is 16.3. The first kappa shape index (κ1) is 14.7. The van der Waals surface area contributed by atoms with E-state index in [1.165, 1.54) is 17.5 Å². The average Bonchev–Trinajstić information content (AvgIpc) is 2.95. The first-order valence-electron chi connectivity index (χ1n) is 8.19. The third kappa shape index (κ3) is 3.35. The predicted octanol–water partition coefficient (Wildman–Crippen LogP) is 2.45. The van der Waals surface area contributed by atoms with Crippen molar-refractivity contribution in [2.45, 2.75) is 45.1 Å². The molecule has 1 aromatic carbocycles. The van der Waals surface area contributed by atoms with Gasteiger partial charge in [0.05, 0.1) is 12.6 Å². The standard InChI is InChI=1S/C18H25NO2/c1-13(20)14-7-9-19(10-8-14)12-18(21)17-6-5-15-3-2-4-16(15)11-17/h5-6,11,13-14,20H,2-4,7-10,12H2,1H3. The van der Waals surface area contributed by atoms with Gasteiger partial charge in [-0.1, -0.05) is 12.1 Å². The van der Waals surface area contributed by atoms with Crippen molar-refractivity contribution in [1.82, 2.24) is 4.90 Å². The van der Waals surface area contributed by atoms with Gasteiger partial charge in [0.15, 0.2) is 5.78 Å². The second-order valence-corrected chi connectivity index (χ2v) is 6.61. The molecule has 1 N–H and O–H groups in total. The number of nitrogens with zero attached hydrogens (tertiary/aromatic N) is 1. The van der Waals surface area contributed by atoms with Gasteiger partial charge in [-0.25, -0.2) is 0 Å². The van der Waals surface area contributed by atoms with Gasteiger partial charge in [0.25, 0.3) is 0 Å². The summed E-state index contributed by atoms with van der Waals surface area (Å²) in [6.07, 6.45) is 5.27. The molecule has 0 bridgehead atoms. The largest absolute Gasteiger partial charge is 0.393 e. The summed E-state index contributed by atoms with van der Waals surface area (Å²) in [4.78, 5) is 14.7. The van der Waals surface area contributed by atoms with Crippen LogP contribution in [0.3, 0.4) is 0 Å². The number of rotatable bonds is 4. The van der Waals surface area contributed by atoms with Crippen LogP contribution in [0.4, 0.5) is 0 Å². The van der Waals surface area contributed by atoms with Gasteiger partial charge >= 0.3 is 0 Å². The summed E-state index contributed by atoms with van der Waals surface area (Å²) in [6.45, 7) is 4.24. The fourth-order valence-corrected chi connectivity index (χ4v) is 3.63.